The van der Waals surface area contributed by atoms with Gasteiger partial charge in [-0.2, -0.15) is 0 Å². The first-order chi connectivity index (χ1) is 30.7. The van der Waals surface area contributed by atoms with E-state index in [2.05, 4.69) is 35.1 Å². The zero-order valence-corrected chi connectivity index (χ0v) is 39.7. The summed E-state index contributed by atoms with van der Waals surface area (Å²) < 4.78 is 5.58. The molecule has 2 aromatic rings. The first-order valence-corrected chi connectivity index (χ1v) is 25.1. The maximum absolute atomic E-state index is 13.4. The molecule has 0 aliphatic carbocycles. The second-order valence-electron chi connectivity index (χ2n) is 17.6. The monoisotopic (exact) mass is 875 g/mol. The zero-order valence-electron chi connectivity index (χ0n) is 39.7. The van der Waals surface area contributed by atoms with Crippen molar-refractivity contribution in [3.63, 3.8) is 0 Å². The Hall–Kier alpha value is -4.21. The molecule has 0 unspecified atom stereocenters. The molecule has 0 fully saturated rings. The molecule has 2 rings (SSSR count). The molecule has 0 aliphatic heterocycles. The Labute approximate surface area is 382 Å². The summed E-state index contributed by atoms with van der Waals surface area (Å²) in [6.45, 7) is 6.54. The second-order valence-corrected chi connectivity index (χ2v) is 17.6. The average molecular weight is 875 g/mol. The summed E-state index contributed by atoms with van der Waals surface area (Å²) in [5, 5.41) is 11.2. The molecule has 0 saturated carbocycles. The number of unbranched alkanes of at least 4 members (excludes halogenated alkanes) is 23. The van der Waals surface area contributed by atoms with E-state index in [0.29, 0.717) is 6.54 Å². The van der Waals surface area contributed by atoms with E-state index in [0.717, 1.165) is 56.1 Å². The van der Waals surface area contributed by atoms with Gasteiger partial charge in [0.15, 0.2) is 0 Å². The molecule has 63 heavy (non-hydrogen) atoms. The highest BCUT2D eigenvalue weighted by Gasteiger charge is 2.28. The number of carbonyl (C=O) groups is 5. The molecule has 10 heteroatoms. The number of hydrogen-bond donors (Lipinski definition) is 4. The summed E-state index contributed by atoms with van der Waals surface area (Å²) in [7, 11) is 0. The maximum atomic E-state index is 13.4. The number of nitrogens with one attached hydrogen (secondary N) is 4. The third kappa shape index (κ3) is 29.0. The summed E-state index contributed by atoms with van der Waals surface area (Å²) >= 11 is 0. The van der Waals surface area contributed by atoms with Crippen molar-refractivity contribution < 1.29 is 28.7 Å². The van der Waals surface area contributed by atoms with Gasteiger partial charge in [0.1, 0.15) is 24.7 Å². The van der Waals surface area contributed by atoms with Crippen LogP contribution in [0, 0.1) is 0 Å². The molecule has 0 spiro atoms. The number of esters is 1. The van der Waals surface area contributed by atoms with Crippen molar-refractivity contribution in [2.45, 2.75) is 225 Å². The molecule has 4 N–H and O–H groups in total. The van der Waals surface area contributed by atoms with E-state index >= 15 is 0 Å². The van der Waals surface area contributed by atoms with Gasteiger partial charge in [-0.15, -0.1) is 0 Å². The van der Waals surface area contributed by atoms with Crippen LogP contribution in [0.4, 0.5) is 0 Å². The maximum Gasteiger partial charge on any atom is 0.329 e. The Morgan fingerprint density at radius 3 is 1.41 bits per heavy atom. The highest BCUT2D eigenvalue weighted by molar-refractivity contribution is 5.94. The van der Waals surface area contributed by atoms with Crippen molar-refractivity contribution in [3.8, 4) is 0 Å². The van der Waals surface area contributed by atoms with Gasteiger partial charge in [-0.3, -0.25) is 19.2 Å². The van der Waals surface area contributed by atoms with Gasteiger partial charge in [0, 0.05) is 19.4 Å². The van der Waals surface area contributed by atoms with Crippen LogP contribution in [0.15, 0.2) is 60.7 Å². The van der Waals surface area contributed by atoms with Crippen LogP contribution in [-0.4, -0.2) is 54.3 Å². The molecule has 0 radical (unpaired) electrons. The Morgan fingerprint density at radius 2 is 0.921 bits per heavy atom. The highest BCUT2D eigenvalue weighted by Crippen LogP contribution is 2.15. The predicted octanol–water partition coefficient (Wildman–Crippen LogP) is 11.1. The van der Waals surface area contributed by atoms with Crippen molar-refractivity contribution in [1.29, 1.82) is 0 Å². The van der Waals surface area contributed by atoms with Crippen LogP contribution in [0.5, 0.6) is 0 Å². The van der Waals surface area contributed by atoms with E-state index in [4.69, 9.17) is 4.74 Å². The number of benzene rings is 2. The summed E-state index contributed by atoms with van der Waals surface area (Å²) in [6, 6.07) is 15.5. The van der Waals surface area contributed by atoms with Crippen molar-refractivity contribution in [2.24, 2.45) is 0 Å². The molecular formula is C53H86N4O6. The molecule has 0 aliphatic rings. The lowest BCUT2D eigenvalue weighted by Crippen LogP contribution is -2.53. The van der Waals surface area contributed by atoms with Crippen LogP contribution in [0.1, 0.15) is 205 Å². The van der Waals surface area contributed by atoms with Gasteiger partial charge in [0.05, 0.1) is 6.42 Å². The number of rotatable bonds is 39. The van der Waals surface area contributed by atoms with Crippen molar-refractivity contribution in [3.05, 3.63) is 71.8 Å². The van der Waals surface area contributed by atoms with Gasteiger partial charge in [-0.1, -0.05) is 222 Å². The molecule has 354 valence electrons. The fourth-order valence-electron chi connectivity index (χ4n) is 7.80. The van der Waals surface area contributed by atoms with Gasteiger partial charge in [-0.25, -0.2) is 4.79 Å². The fraction of sp³-hybridized carbons (Fsp3) is 0.679. The lowest BCUT2D eigenvalue weighted by atomic mass is 10.0. The van der Waals surface area contributed by atoms with Gasteiger partial charge in [0.25, 0.3) is 0 Å². The second kappa shape index (κ2) is 37.2. The van der Waals surface area contributed by atoms with E-state index in [-0.39, 0.29) is 31.8 Å². The topological polar surface area (TPSA) is 143 Å². The van der Waals surface area contributed by atoms with Crippen LogP contribution in [-0.2, 0) is 41.7 Å². The summed E-state index contributed by atoms with van der Waals surface area (Å²) in [5.41, 5.74) is 1.66. The molecule has 10 nitrogen and oxygen atoms in total. The molecule has 0 heterocycles. The van der Waals surface area contributed by atoms with E-state index < -0.39 is 41.8 Å². The molecule has 3 atom stereocenters. The van der Waals surface area contributed by atoms with Crippen molar-refractivity contribution in [2.75, 3.05) is 6.54 Å². The van der Waals surface area contributed by atoms with Gasteiger partial charge >= 0.3 is 5.97 Å². The summed E-state index contributed by atoms with van der Waals surface area (Å²) in [5.74, 6) is -2.39. The number of carbonyl (C=O) groups excluding carboxylic acids is 5. The van der Waals surface area contributed by atoms with Crippen LogP contribution in [0.25, 0.3) is 0 Å². The molecular weight excluding hydrogens is 789 g/mol. The van der Waals surface area contributed by atoms with Gasteiger partial charge in [0.2, 0.25) is 23.6 Å². The minimum absolute atomic E-state index is 0.0565. The third-order valence-electron chi connectivity index (χ3n) is 11.8. The zero-order chi connectivity index (χ0) is 45.6. The average Bonchev–Trinajstić information content (AvgIpc) is 3.28. The van der Waals surface area contributed by atoms with E-state index in [9.17, 15) is 24.0 Å². The third-order valence-corrected chi connectivity index (χ3v) is 11.8. The highest BCUT2D eigenvalue weighted by atomic mass is 16.5. The SMILES string of the molecule is CCCCCCCCCCCCCCCC(=O)N[C@@H](CC(=O)N[C@@H](C)C(=O)N[C@@H](Cc1ccccc1)C(=O)OCc1ccccc1)C(=O)NCCCCCCCCCCCCCC. The minimum atomic E-state index is -1.08. The Morgan fingerprint density at radius 1 is 0.476 bits per heavy atom. The van der Waals surface area contributed by atoms with Crippen LogP contribution < -0.4 is 21.3 Å². The van der Waals surface area contributed by atoms with E-state index in [1.54, 1.807) is 0 Å². The number of hydrogen-bond acceptors (Lipinski definition) is 6. The molecule has 0 bridgehead atoms. The van der Waals surface area contributed by atoms with Crippen LogP contribution in [0.3, 0.4) is 0 Å². The van der Waals surface area contributed by atoms with Crippen molar-refractivity contribution >= 4 is 29.6 Å². The minimum Gasteiger partial charge on any atom is -0.459 e. The quantitative estimate of drug-likeness (QED) is 0.0389. The normalized spacial score (nSPS) is 12.5. The van der Waals surface area contributed by atoms with Gasteiger partial charge in [-0.05, 0) is 30.9 Å². The number of ether oxygens (including phenoxy) is 1. The summed E-state index contributed by atoms with van der Waals surface area (Å²) in [4.78, 5) is 66.6. The molecule has 0 saturated heterocycles. The van der Waals surface area contributed by atoms with Gasteiger partial charge < -0.3 is 26.0 Å². The Balaban J connectivity index is 1.87. The largest absolute Gasteiger partial charge is 0.459 e. The van der Waals surface area contributed by atoms with E-state index in [1.807, 2.05) is 60.7 Å². The Bertz CT molecular complexity index is 1490. The first-order valence-electron chi connectivity index (χ1n) is 25.1. The van der Waals surface area contributed by atoms with Crippen LogP contribution in [0.2, 0.25) is 0 Å². The lowest BCUT2D eigenvalue weighted by molar-refractivity contribution is -0.149. The van der Waals surface area contributed by atoms with Crippen LogP contribution >= 0.6 is 0 Å². The van der Waals surface area contributed by atoms with Crippen molar-refractivity contribution in [1.82, 2.24) is 21.3 Å². The first kappa shape index (κ1) is 54.9. The Kier molecular flexibility index (Phi) is 32.4. The fourth-order valence-corrected chi connectivity index (χ4v) is 7.80. The summed E-state index contributed by atoms with van der Waals surface area (Å²) in [6.07, 6.45) is 30.4. The smallest absolute Gasteiger partial charge is 0.329 e. The molecule has 2 aromatic carbocycles. The standard InChI is InChI=1S/C53H86N4O6/c1-4-6-8-10-12-14-16-18-19-21-23-25-33-39-49(58)56-47(52(61)54-40-34-26-24-22-20-17-15-13-11-9-7-5-2)42-50(59)55-44(3)51(60)57-48(41-45-35-29-27-30-36-45)53(62)63-43-46-37-31-28-32-38-46/h27-32,35-38,44,47-48H,4-26,33-34,39-43H2,1-3H3,(H,54,61)(H,55,59)(H,56,58)(H,57,60)/t44-,47-,48-/m0/s1. The molecule has 0 aromatic heterocycles. The van der Waals surface area contributed by atoms with E-state index in [1.165, 1.54) is 122 Å². The lowest BCUT2D eigenvalue weighted by Gasteiger charge is -2.22. The molecule has 4 amide bonds. The number of amides is 4. The predicted molar refractivity (Wildman–Crippen MR) is 257 cm³/mol.